The molecular formula is C20H28FN3O5. The number of halogens is 1. The molecule has 0 atom stereocenters. The van der Waals surface area contributed by atoms with E-state index in [0.29, 0.717) is 30.8 Å². The van der Waals surface area contributed by atoms with Crippen LogP contribution in [0, 0.1) is 5.82 Å². The number of nitrogens with zero attached hydrogens (tertiary/aromatic N) is 2. The number of carboxylic acids is 1. The quantitative estimate of drug-likeness (QED) is 0.729. The molecule has 2 N–H and O–H groups in total. The average molecular weight is 409 g/mol. The summed E-state index contributed by atoms with van der Waals surface area (Å²) >= 11 is 0. The van der Waals surface area contributed by atoms with Crippen molar-refractivity contribution in [3.63, 3.8) is 0 Å². The number of hydrogen-bond donors (Lipinski definition) is 2. The van der Waals surface area contributed by atoms with Gasteiger partial charge < -0.3 is 29.4 Å². The number of fused-ring (bicyclic) bond motifs is 1. The number of methoxy groups -OCH3 is 2. The molecule has 1 aromatic carbocycles. The highest BCUT2D eigenvalue weighted by molar-refractivity contribution is 5.93. The molecule has 1 saturated heterocycles. The van der Waals surface area contributed by atoms with Crippen molar-refractivity contribution in [3.8, 4) is 0 Å². The molecule has 0 bridgehead atoms. The third-order valence-corrected chi connectivity index (χ3v) is 4.84. The van der Waals surface area contributed by atoms with Gasteiger partial charge in [-0.3, -0.25) is 4.79 Å². The van der Waals surface area contributed by atoms with Crippen molar-refractivity contribution >= 4 is 22.6 Å². The van der Waals surface area contributed by atoms with Gasteiger partial charge in [-0.2, -0.15) is 0 Å². The number of aromatic nitrogens is 1. The molecule has 0 amide bonds. The van der Waals surface area contributed by atoms with Crippen LogP contribution in [0.3, 0.4) is 0 Å². The highest BCUT2D eigenvalue weighted by Gasteiger charge is 2.19. The summed E-state index contributed by atoms with van der Waals surface area (Å²) in [6.45, 7) is 7.09. The maximum absolute atomic E-state index is 14.5. The van der Waals surface area contributed by atoms with E-state index in [-0.39, 0.29) is 17.2 Å². The second-order valence-corrected chi connectivity index (χ2v) is 6.56. The van der Waals surface area contributed by atoms with Gasteiger partial charge in [0.1, 0.15) is 11.4 Å². The maximum atomic E-state index is 14.5. The Balaban J connectivity index is 0.000000438. The Morgan fingerprint density at radius 2 is 1.90 bits per heavy atom. The van der Waals surface area contributed by atoms with Crippen molar-refractivity contribution in [1.82, 2.24) is 9.88 Å². The molecule has 0 aliphatic carbocycles. The van der Waals surface area contributed by atoms with E-state index in [1.54, 1.807) is 24.9 Å². The molecule has 29 heavy (non-hydrogen) atoms. The van der Waals surface area contributed by atoms with Crippen LogP contribution in [0.2, 0.25) is 0 Å². The summed E-state index contributed by atoms with van der Waals surface area (Å²) in [4.78, 5) is 25.4. The Morgan fingerprint density at radius 3 is 2.38 bits per heavy atom. The molecule has 160 valence electrons. The van der Waals surface area contributed by atoms with E-state index in [2.05, 4.69) is 14.8 Å². The van der Waals surface area contributed by atoms with E-state index >= 15 is 0 Å². The zero-order chi connectivity index (χ0) is 21.6. The molecule has 2 aromatic rings. The van der Waals surface area contributed by atoms with Crippen molar-refractivity contribution in [3.05, 3.63) is 39.9 Å². The lowest BCUT2D eigenvalue weighted by molar-refractivity contribution is -0.0877. The maximum Gasteiger partial charge on any atom is 0.341 e. The number of rotatable bonds is 5. The van der Waals surface area contributed by atoms with Crippen molar-refractivity contribution in [2.24, 2.45) is 0 Å². The largest absolute Gasteiger partial charge is 0.477 e. The summed E-state index contributed by atoms with van der Waals surface area (Å²) in [5, 5.41) is 12.5. The molecule has 1 aromatic heterocycles. The lowest BCUT2D eigenvalue weighted by Gasteiger charge is -2.30. The summed E-state index contributed by atoms with van der Waals surface area (Å²) < 4.78 is 25.5. The first kappa shape index (κ1) is 22.8. The lowest BCUT2D eigenvalue weighted by Crippen LogP contribution is -2.43. The smallest absolute Gasteiger partial charge is 0.341 e. The number of hydrogen-bond acceptors (Lipinski definition) is 6. The minimum Gasteiger partial charge on any atom is -0.477 e. The first-order valence-corrected chi connectivity index (χ1v) is 9.45. The van der Waals surface area contributed by atoms with Crippen LogP contribution in [0.4, 0.5) is 10.1 Å². The van der Waals surface area contributed by atoms with Crippen LogP contribution in [0.25, 0.3) is 10.9 Å². The van der Waals surface area contributed by atoms with Crippen LogP contribution < -0.4 is 15.6 Å². The molecule has 3 rings (SSSR count). The molecule has 1 aliphatic heterocycles. The number of piperazine rings is 1. The normalized spacial score (nSPS) is 14.1. The van der Waals surface area contributed by atoms with Crippen LogP contribution in [-0.2, 0) is 16.0 Å². The Morgan fingerprint density at radius 1 is 1.28 bits per heavy atom. The van der Waals surface area contributed by atoms with Crippen LogP contribution in [0.15, 0.2) is 23.1 Å². The van der Waals surface area contributed by atoms with Gasteiger partial charge in [-0.25, -0.2) is 9.18 Å². The second-order valence-electron chi connectivity index (χ2n) is 6.56. The van der Waals surface area contributed by atoms with Crippen LogP contribution >= 0.6 is 0 Å². The van der Waals surface area contributed by atoms with E-state index in [0.717, 1.165) is 19.2 Å². The first-order valence-electron chi connectivity index (χ1n) is 9.45. The van der Waals surface area contributed by atoms with Crippen molar-refractivity contribution < 1.29 is 23.8 Å². The number of carbonyl (C=O) groups is 1. The topological polar surface area (TPSA) is 93.0 Å². The fourth-order valence-electron chi connectivity index (χ4n) is 3.06. The van der Waals surface area contributed by atoms with Crippen LogP contribution in [-0.4, -0.2) is 62.3 Å². The second kappa shape index (κ2) is 10.3. The number of carboxylic acid groups (broad SMARTS) is 1. The summed E-state index contributed by atoms with van der Waals surface area (Å²) in [7, 11) is 3.21. The van der Waals surface area contributed by atoms with Gasteiger partial charge in [-0.1, -0.05) is 0 Å². The van der Waals surface area contributed by atoms with Gasteiger partial charge in [0, 0.05) is 58.5 Å². The molecule has 8 nitrogen and oxygen atoms in total. The van der Waals surface area contributed by atoms with Crippen molar-refractivity contribution in [2.75, 3.05) is 45.3 Å². The molecule has 9 heteroatoms. The average Bonchev–Trinajstić information content (AvgIpc) is 2.74. The SMILES string of the molecule is CCn1cc(C(=O)O)c(=O)c2cc(F)c(N3CCNCC3)cc21.COC(C)OC. The highest BCUT2D eigenvalue weighted by Crippen LogP contribution is 2.25. The number of pyridine rings is 1. The van der Waals surface area contributed by atoms with E-state index in [9.17, 15) is 14.0 Å². The van der Waals surface area contributed by atoms with E-state index in [1.165, 1.54) is 6.20 Å². The monoisotopic (exact) mass is 409 g/mol. The van der Waals surface area contributed by atoms with Crippen molar-refractivity contribution in [2.45, 2.75) is 26.7 Å². The molecule has 0 unspecified atom stereocenters. The van der Waals surface area contributed by atoms with E-state index in [1.807, 2.05) is 18.7 Å². The third kappa shape index (κ3) is 5.31. The predicted octanol–water partition coefficient (Wildman–Crippen LogP) is 1.89. The Bertz CT molecular complexity index is 905. The molecule has 0 saturated carbocycles. The van der Waals surface area contributed by atoms with Crippen LogP contribution in [0.5, 0.6) is 0 Å². The molecule has 0 spiro atoms. The van der Waals surface area contributed by atoms with Crippen molar-refractivity contribution in [1.29, 1.82) is 0 Å². The van der Waals surface area contributed by atoms with Gasteiger partial charge >= 0.3 is 5.97 Å². The molecular weight excluding hydrogens is 381 g/mol. The summed E-state index contributed by atoms with van der Waals surface area (Å²) in [6, 6.07) is 2.81. The van der Waals surface area contributed by atoms with Gasteiger partial charge in [-0.05, 0) is 26.0 Å². The minimum absolute atomic E-state index is 0.0648. The van der Waals surface area contributed by atoms with E-state index < -0.39 is 17.2 Å². The van der Waals surface area contributed by atoms with Gasteiger partial charge in [-0.15, -0.1) is 0 Å². The predicted molar refractivity (Wildman–Crippen MR) is 109 cm³/mol. The third-order valence-electron chi connectivity index (χ3n) is 4.84. The number of benzene rings is 1. The number of aromatic carboxylic acids is 1. The van der Waals surface area contributed by atoms with Gasteiger partial charge in [0.05, 0.1) is 11.2 Å². The zero-order valence-corrected chi connectivity index (χ0v) is 17.2. The summed E-state index contributed by atoms with van der Waals surface area (Å²) in [5.41, 5.74) is 0.0118. The summed E-state index contributed by atoms with van der Waals surface area (Å²) in [6.07, 6.45) is 1.26. The van der Waals surface area contributed by atoms with Gasteiger partial charge in [0.25, 0.3) is 0 Å². The highest BCUT2D eigenvalue weighted by atomic mass is 19.1. The fraction of sp³-hybridized carbons (Fsp3) is 0.500. The lowest BCUT2D eigenvalue weighted by atomic mass is 10.1. The fourth-order valence-corrected chi connectivity index (χ4v) is 3.06. The van der Waals surface area contributed by atoms with Gasteiger partial charge in [0.2, 0.25) is 5.43 Å². The molecule has 1 aliphatic rings. The number of aryl methyl sites for hydroxylation is 1. The standard InChI is InChI=1S/C16H18FN3O3.C4H10O2/c1-2-19-9-11(16(22)23)15(21)10-7-12(17)14(8-13(10)19)20-5-3-18-4-6-20;1-4(5-2)6-3/h7-9,18H,2-6H2,1H3,(H,22,23);4H,1-3H3. The first-order chi connectivity index (χ1) is 13.8. The number of nitrogens with one attached hydrogen (secondary N) is 1. The molecule has 2 heterocycles. The Kier molecular flexibility index (Phi) is 8.12. The Labute approximate surface area is 168 Å². The van der Waals surface area contributed by atoms with Crippen LogP contribution in [0.1, 0.15) is 24.2 Å². The van der Waals surface area contributed by atoms with E-state index in [4.69, 9.17) is 5.11 Å². The summed E-state index contributed by atoms with van der Waals surface area (Å²) in [5.74, 6) is -1.80. The van der Waals surface area contributed by atoms with Gasteiger partial charge in [0.15, 0.2) is 6.29 Å². The Hall–Kier alpha value is -2.49. The molecule has 1 fully saturated rings. The minimum atomic E-state index is -1.30. The molecule has 0 radical (unpaired) electrons. The number of ether oxygens (including phenoxy) is 2. The number of anilines is 1. The zero-order valence-electron chi connectivity index (χ0n) is 17.2.